The molecule has 0 fully saturated rings. The highest BCUT2D eigenvalue weighted by Crippen LogP contribution is 2.32. The molecule has 2 aromatic rings. The first-order chi connectivity index (χ1) is 11.0. The molecule has 0 aliphatic heterocycles. The highest BCUT2D eigenvalue weighted by molar-refractivity contribution is 6.00. The molecule has 0 spiro atoms. The predicted molar refractivity (Wildman–Crippen MR) is 91.8 cm³/mol. The van der Waals surface area contributed by atoms with E-state index < -0.39 is 5.41 Å². The highest BCUT2D eigenvalue weighted by Gasteiger charge is 2.32. The summed E-state index contributed by atoms with van der Waals surface area (Å²) in [5, 5.41) is 9.31. The van der Waals surface area contributed by atoms with Crippen LogP contribution in [0.25, 0.3) is 0 Å². The Hall–Kier alpha value is -2.13. The van der Waals surface area contributed by atoms with Crippen LogP contribution < -0.4 is 4.74 Å². The van der Waals surface area contributed by atoms with E-state index in [0.717, 1.165) is 12.0 Å². The number of hydrogen-bond donors (Lipinski definition) is 1. The van der Waals surface area contributed by atoms with Gasteiger partial charge in [-0.25, -0.2) is 0 Å². The summed E-state index contributed by atoms with van der Waals surface area (Å²) in [4.78, 5) is 13.1. The van der Waals surface area contributed by atoms with Crippen LogP contribution in [0.5, 0.6) is 5.75 Å². The van der Waals surface area contributed by atoms with E-state index in [1.54, 1.807) is 25.3 Å². The fourth-order valence-electron chi connectivity index (χ4n) is 2.78. The van der Waals surface area contributed by atoms with E-state index in [9.17, 15) is 9.90 Å². The Kier molecular flexibility index (Phi) is 5.56. The van der Waals surface area contributed by atoms with Gasteiger partial charge in [-0.05, 0) is 24.5 Å². The van der Waals surface area contributed by atoms with E-state index in [1.807, 2.05) is 32.0 Å². The zero-order chi connectivity index (χ0) is 16.9. The Labute approximate surface area is 137 Å². The van der Waals surface area contributed by atoms with Crippen LogP contribution in [0.2, 0.25) is 0 Å². The summed E-state index contributed by atoms with van der Waals surface area (Å²) in [5.41, 5.74) is 2.00. The van der Waals surface area contributed by atoms with Gasteiger partial charge in [0.2, 0.25) is 0 Å². The minimum absolute atomic E-state index is 0.103. The largest absolute Gasteiger partial charge is 0.496 e. The second kappa shape index (κ2) is 7.42. The minimum Gasteiger partial charge on any atom is -0.496 e. The average Bonchev–Trinajstić information content (AvgIpc) is 2.61. The first-order valence-corrected chi connectivity index (χ1v) is 7.90. The molecule has 0 aliphatic carbocycles. The number of Topliss-reactive ketones (excluding diaryl/α,β-unsaturated/α-hetero) is 1. The van der Waals surface area contributed by atoms with Gasteiger partial charge in [-0.3, -0.25) is 4.79 Å². The number of carbonyl (C=O) groups is 1. The maximum atomic E-state index is 13.1. The molecule has 1 N–H and O–H groups in total. The molecule has 1 unspecified atom stereocenters. The number of benzene rings is 2. The van der Waals surface area contributed by atoms with Crippen molar-refractivity contribution < 1.29 is 14.6 Å². The second-order valence-electron chi connectivity index (χ2n) is 6.09. The average molecular weight is 312 g/mol. The lowest BCUT2D eigenvalue weighted by Crippen LogP contribution is -2.29. The van der Waals surface area contributed by atoms with Crippen LogP contribution in [0.4, 0.5) is 0 Å². The van der Waals surface area contributed by atoms with Crippen LogP contribution in [-0.2, 0) is 13.0 Å². The van der Waals surface area contributed by atoms with Gasteiger partial charge in [-0.2, -0.15) is 0 Å². The Morgan fingerprint density at radius 2 is 1.87 bits per heavy atom. The molecule has 3 nitrogen and oxygen atoms in total. The first kappa shape index (κ1) is 17.2. The maximum Gasteiger partial charge on any atom is 0.169 e. The number of rotatable bonds is 7. The molecule has 0 radical (unpaired) electrons. The van der Waals surface area contributed by atoms with Gasteiger partial charge in [0, 0.05) is 16.5 Å². The van der Waals surface area contributed by atoms with Gasteiger partial charge in [-0.15, -0.1) is 0 Å². The van der Waals surface area contributed by atoms with E-state index in [-0.39, 0.29) is 12.4 Å². The summed E-state index contributed by atoms with van der Waals surface area (Å²) in [7, 11) is 1.55. The van der Waals surface area contributed by atoms with Crippen LogP contribution in [0, 0.1) is 5.41 Å². The van der Waals surface area contributed by atoms with Gasteiger partial charge >= 0.3 is 0 Å². The third kappa shape index (κ3) is 3.80. The normalized spacial score (nSPS) is 13.4. The molecule has 3 heteroatoms. The minimum atomic E-state index is -0.465. The molecule has 0 aromatic heterocycles. The Bertz CT molecular complexity index is 664. The van der Waals surface area contributed by atoms with E-state index in [1.165, 1.54) is 0 Å². The SMILES string of the molecule is CCC(C)(Cc1ccccc1)C(=O)c1ccc(CO)c(OC)c1. The quantitative estimate of drug-likeness (QED) is 0.785. The van der Waals surface area contributed by atoms with Crippen molar-refractivity contribution in [3.05, 3.63) is 65.2 Å². The van der Waals surface area contributed by atoms with E-state index in [2.05, 4.69) is 12.1 Å². The molecule has 2 rings (SSSR count). The van der Waals surface area contributed by atoms with Gasteiger partial charge in [0.1, 0.15) is 5.75 Å². The molecule has 0 bridgehead atoms. The smallest absolute Gasteiger partial charge is 0.169 e. The summed E-state index contributed by atoms with van der Waals surface area (Å²) >= 11 is 0. The molecule has 1 atom stereocenters. The molecular formula is C20H24O3. The van der Waals surface area contributed by atoms with Gasteiger partial charge in [0.15, 0.2) is 5.78 Å². The van der Waals surface area contributed by atoms with E-state index in [0.29, 0.717) is 23.3 Å². The Morgan fingerprint density at radius 3 is 2.43 bits per heavy atom. The van der Waals surface area contributed by atoms with Gasteiger partial charge in [0.25, 0.3) is 0 Å². The van der Waals surface area contributed by atoms with Crippen molar-refractivity contribution in [3.63, 3.8) is 0 Å². The third-order valence-corrected chi connectivity index (χ3v) is 4.49. The molecule has 0 aliphatic rings. The van der Waals surface area contributed by atoms with Crippen molar-refractivity contribution >= 4 is 5.78 Å². The fraction of sp³-hybridized carbons (Fsp3) is 0.350. The monoisotopic (exact) mass is 312 g/mol. The summed E-state index contributed by atoms with van der Waals surface area (Å²) in [5.74, 6) is 0.656. The van der Waals surface area contributed by atoms with Crippen LogP contribution in [0.15, 0.2) is 48.5 Å². The number of hydrogen-bond acceptors (Lipinski definition) is 3. The lowest BCUT2D eigenvalue weighted by atomic mass is 9.75. The lowest BCUT2D eigenvalue weighted by molar-refractivity contribution is 0.0808. The van der Waals surface area contributed by atoms with Gasteiger partial charge in [-0.1, -0.05) is 56.3 Å². The van der Waals surface area contributed by atoms with Crippen molar-refractivity contribution in [2.45, 2.75) is 33.3 Å². The highest BCUT2D eigenvalue weighted by atomic mass is 16.5. The van der Waals surface area contributed by atoms with E-state index in [4.69, 9.17) is 4.74 Å². The molecule has 0 heterocycles. The zero-order valence-electron chi connectivity index (χ0n) is 14.0. The van der Waals surface area contributed by atoms with Gasteiger partial charge < -0.3 is 9.84 Å². The number of carbonyl (C=O) groups excluding carboxylic acids is 1. The van der Waals surface area contributed by atoms with Crippen LogP contribution in [0.1, 0.15) is 41.8 Å². The number of aliphatic hydroxyl groups excluding tert-OH is 1. The summed E-state index contributed by atoms with van der Waals surface area (Å²) in [6.45, 7) is 3.95. The zero-order valence-corrected chi connectivity index (χ0v) is 14.0. The van der Waals surface area contributed by atoms with E-state index >= 15 is 0 Å². The number of methoxy groups -OCH3 is 1. The lowest BCUT2D eigenvalue weighted by Gasteiger charge is -2.27. The van der Waals surface area contributed by atoms with Crippen molar-refractivity contribution in [1.29, 1.82) is 0 Å². The molecule has 0 amide bonds. The van der Waals surface area contributed by atoms with Crippen LogP contribution >= 0.6 is 0 Å². The summed E-state index contributed by atoms with van der Waals surface area (Å²) in [6, 6.07) is 15.3. The predicted octanol–water partition coefficient (Wildman–Crippen LogP) is 4.03. The summed E-state index contributed by atoms with van der Waals surface area (Å²) in [6.07, 6.45) is 1.46. The van der Waals surface area contributed by atoms with Crippen molar-refractivity contribution in [2.75, 3.05) is 7.11 Å². The molecule has 122 valence electrons. The number of ketones is 1. The Morgan fingerprint density at radius 1 is 1.17 bits per heavy atom. The summed E-state index contributed by atoms with van der Waals surface area (Å²) < 4.78 is 5.28. The maximum absolute atomic E-state index is 13.1. The molecule has 0 saturated heterocycles. The van der Waals surface area contributed by atoms with Crippen molar-refractivity contribution in [3.8, 4) is 5.75 Å². The fourth-order valence-corrected chi connectivity index (χ4v) is 2.78. The van der Waals surface area contributed by atoms with Gasteiger partial charge in [0.05, 0.1) is 13.7 Å². The van der Waals surface area contributed by atoms with Crippen LogP contribution in [0.3, 0.4) is 0 Å². The number of aliphatic hydroxyl groups is 1. The topological polar surface area (TPSA) is 46.5 Å². The molecular weight excluding hydrogens is 288 g/mol. The Balaban J connectivity index is 2.32. The third-order valence-electron chi connectivity index (χ3n) is 4.49. The molecule has 2 aromatic carbocycles. The first-order valence-electron chi connectivity index (χ1n) is 7.90. The van der Waals surface area contributed by atoms with Crippen LogP contribution in [-0.4, -0.2) is 18.0 Å². The van der Waals surface area contributed by atoms with Crippen molar-refractivity contribution in [1.82, 2.24) is 0 Å². The standard InChI is InChI=1S/C20H24O3/c1-4-20(2,13-15-8-6-5-7-9-15)19(22)16-10-11-17(14-21)18(12-16)23-3/h5-12,21H,4,13-14H2,1-3H3. The molecule has 23 heavy (non-hydrogen) atoms. The second-order valence-corrected chi connectivity index (χ2v) is 6.09. The van der Waals surface area contributed by atoms with Crippen molar-refractivity contribution in [2.24, 2.45) is 5.41 Å². The number of ether oxygens (including phenoxy) is 1. The molecule has 0 saturated carbocycles.